The molecular formula is C33H31Cl2N7O4S. The highest BCUT2D eigenvalue weighted by Crippen LogP contribution is 2.39. The molecular weight excluding hydrogens is 661 g/mol. The number of rotatable bonds is 10. The van der Waals surface area contributed by atoms with Gasteiger partial charge < -0.3 is 15.4 Å². The van der Waals surface area contributed by atoms with Crippen LogP contribution in [0.1, 0.15) is 43.9 Å². The lowest BCUT2D eigenvalue weighted by Gasteiger charge is -2.14. The predicted octanol–water partition coefficient (Wildman–Crippen LogP) is 8.52. The van der Waals surface area contributed by atoms with E-state index in [2.05, 4.69) is 31.0 Å². The number of hydrogen-bond acceptors (Lipinski definition) is 8. The van der Waals surface area contributed by atoms with E-state index in [0.717, 1.165) is 16.9 Å². The number of carbonyl (C=O) groups excluding carboxylic acids is 1. The molecule has 0 spiro atoms. The summed E-state index contributed by atoms with van der Waals surface area (Å²) in [5.74, 6) is 1.18. The molecule has 1 saturated carbocycles. The van der Waals surface area contributed by atoms with Gasteiger partial charge in [0.05, 0.1) is 32.2 Å². The van der Waals surface area contributed by atoms with Crippen LogP contribution in [0.3, 0.4) is 0 Å². The van der Waals surface area contributed by atoms with Gasteiger partial charge in [0.1, 0.15) is 16.6 Å². The van der Waals surface area contributed by atoms with Gasteiger partial charge in [-0.3, -0.25) is 5.32 Å². The Labute approximate surface area is 282 Å². The highest BCUT2D eigenvalue weighted by atomic mass is 35.5. The third-order valence-corrected chi connectivity index (χ3v) is 10.5. The number of benzene rings is 3. The van der Waals surface area contributed by atoms with E-state index in [1.165, 1.54) is 12.3 Å². The number of amides is 2. The summed E-state index contributed by atoms with van der Waals surface area (Å²) in [5, 5.41) is 13.1. The Morgan fingerprint density at radius 3 is 2.47 bits per heavy atom. The lowest BCUT2D eigenvalue weighted by atomic mass is 10.1. The number of urea groups is 1. The van der Waals surface area contributed by atoms with Crippen LogP contribution in [0, 0.1) is 6.92 Å². The zero-order valence-corrected chi connectivity index (χ0v) is 28.0. The van der Waals surface area contributed by atoms with Crippen LogP contribution in [-0.4, -0.2) is 39.4 Å². The number of halogens is 2. The number of nitrogens with one attached hydrogen (secondary N) is 3. The quantitative estimate of drug-likeness (QED) is 0.132. The second kappa shape index (κ2) is 13.2. The van der Waals surface area contributed by atoms with E-state index in [1.54, 1.807) is 41.1 Å². The van der Waals surface area contributed by atoms with Crippen LogP contribution in [0.5, 0.6) is 11.6 Å². The molecule has 0 atom stereocenters. The molecule has 3 N–H and O–H groups in total. The molecule has 0 unspecified atom stereocenters. The molecule has 3 aromatic carbocycles. The van der Waals surface area contributed by atoms with Crippen molar-refractivity contribution in [1.82, 2.24) is 19.7 Å². The molecule has 47 heavy (non-hydrogen) atoms. The fraction of sp³-hybridized carbons (Fsp3) is 0.212. The first kappa shape index (κ1) is 32.3. The van der Waals surface area contributed by atoms with Gasteiger partial charge in [0.2, 0.25) is 11.8 Å². The highest BCUT2D eigenvalue weighted by molar-refractivity contribution is 7.92. The van der Waals surface area contributed by atoms with E-state index in [0.29, 0.717) is 24.3 Å². The number of aromatic nitrogens is 4. The zero-order chi connectivity index (χ0) is 33.3. The van der Waals surface area contributed by atoms with Crippen LogP contribution < -0.4 is 20.7 Å². The van der Waals surface area contributed by atoms with Crippen LogP contribution in [0.2, 0.25) is 10.0 Å². The van der Waals surface area contributed by atoms with Crippen LogP contribution in [0.25, 0.3) is 5.69 Å². The minimum Gasteiger partial charge on any atom is -0.437 e. The number of sulfone groups is 1. The van der Waals surface area contributed by atoms with E-state index < -0.39 is 15.9 Å². The lowest BCUT2D eigenvalue weighted by Crippen LogP contribution is -2.21. The van der Waals surface area contributed by atoms with Crippen molar-refractivity contribution in [1.29, 1.82) is 0 Å². The molecule has 5 aromatic rings. The van der Waals surface area contributed by atoms with Gasteiger partial charge in [-0.1, -0.05) is 60.8 Å². The fourth-order valence-electron chi connectivity index (χ4n) is 4.65. The van der Waals surface area contributed by atoms with Crippen molar-refractivity contribution in [2.45, 2.75) is 49.7 Å². The van der Waals surface area contributed by atoms with E-state index >= 15 is 0 Å². The molecule has 1 aliphatic carbocycles. The van der Waals surface area contributed by atoms with Gasteiger partial charge in [-0.05, 0) is 68.1 Å². The van der Waals surface area contributed by atoms with Gasteiger partial charge in [-0.2, -0.15) is 10.1 Å². The largest absolute Gasteiger partial charge is 0.437 e. The van der Waals surface area contributed by atoms with Gasteiger partial charge in [0.15, 0.2) is 9.84 Å². The Bertz CT molecular complexity index is 2060. The first-order chi connectivity index (χ1) is 22.5. The standard InChI is InChI=1S/C33H31Cl2N7O4S/c1-19(2)26-18-28(42(41-26)22-9-7-20(3)8-10-22)39-33(43)38-25-13-14-27(31(35)30(25)34)46-29-15-16-36-32(40-29)37-21-5-4-6-24(17-21)47(44,45)23-11-12-23/h4-10,13-19,23H,11-12H2,1-3H3,(H,36,37,40)(H2,38,39,43). The van der Waals surface area contributed by atoms with Crippen molar-refractivity contribution >= 4 is 62.2 Å². The third kappa shape index (κ3) is 7.35. The van der Waals surface area contributed by atoms with Crippen molar-refractivity contribution in [2.75, 3.05) is 16.0 Å². The Kier molecular flexibility index (Phi) is 9.09. The van der Waals surface area contributed by atoms with Crippen molar-refractivity contribution in [3.05, 3.63) is 100 Å². The summed E-state index contributed by atoms with van der Waals surface area (Å²) >= 11 is 13.1. The highest BCUT2D eigenvalue weighted by Gasteiger charge is 2.36. The van der Waals surface area contributed by atoms with Gasteiger partial charge in [0.25, 0.3) is 0 Å². The number of nitrogens with zero attached hydrogens (tertiary/aromatic N) is 4. The molecule has 0 radical (unpaired) electrons. The molecule has 2 heterocycles. The molecule has 0 aliphatic heterocycles. The molecule has 1 aliphatic rings. The average Bonchev–Trinajstić information content (AvgIpc) is 3.83. The Balaban J connectivity index is 1.14. The molecule has 242 valence electrons. The SMILES string of the molecule is Cc1ccc(-n2nc(C(C)C)cc2NC(=O)Nc2ccc(Oc3ccnc(Nc4cccc(S(=O)(=O)C5CC5)c4)n3)c(Cl)c2Cl)cc1. The third-order valence-electron chi connectivity index (χ3n) is 7.36. The summed E-state index contributed by atoms with van der Waals surface area (Å²) < 4.78 is 32.9. The second-order valence-electron chi connectivity index (χ2n) is 11.4. The maximum Gasteiger partial charge on any atom is 0.324 e. The molecule has 2 amide bonds. The average molecular weight is 693 g/mol. The van der Waals surface area contributed by atoms with Crippen LogP contribution in [0.4, 0.5) is 27.9 Å². The predicted molar refractivity (Wildman–Crippen MR) is 184 cm³/mol. The molecule has 6 rings (SSSR count). The van der Waals surface area contributed by atoms with Gasteiger partial charge in [-0.25, -0.2) is 22.9 Å². The minimum absolute atomic E-state index is 0.0577. The van der Waals surface area contributed by atoms with Crippen LogP contribution in [0.15, 0.2) is 83.9 Å². The Hall–Kier alpha value is -4.65. The molecule has 0 saturated heterocycles. The van der Waals surface area contributed by atoms with E-state index in [-0.39, 0.29) is 49.4 Å². The van der Waals surface area contributed by atoms with Crippen LogP contribution in [-0.2, 0) is 9.84 Å². The number of hydrogen-bond donors (Lipinski definition) is 3. The summed E-state index contributed by atoms with van der Waals surface area (Å²) in [7, 11) is -3.35. The van der Waals surface area contributed by atoms with E-state index in [4.69, 9.17) is 27.9 Å². The normalized spacial score (nSPS) is 13.0. The summed E-state index contributed by atoms with van der Waals surface area (Å²) in [6.07, 6.45) is 2.84. The van der Waals surface area contributed by atoms with Gasteiger partial charge >= 0.3 is 6.03 Å². The molecule has 2 aromatic heterocycles. The molecule has 0 bridgehead atoms. The lowest BCUT2D eigenvalue weighted by molar-refractivity contribution is 0.262. The van der Waals surface area contributed by atoms with Crippen molar-refractivity contribution < 1.29 is 17.9 Å². The number of anilines is 4. The smallest absolute Gasteiger partial charge is 0.324 e. The summed E-state index contributed by atoms with van der Waals surface area (Å²) in [4.78, 5) is 21.9. The van der Waals surface area contributed by atoms with Crippen molar-refractivity contribution in [3.8, 4) is 17.3 Å². The second-order valence-corrected chi connectivity index (χ2v) is 14.4. The number of ether oxygens (including phenoxy) is 1. The fourth-order valence-corrected chi connectivity index (χ4v) is 6.76. The first-order valence-corrected chi connectivity index (χ1v) is 17.1. The van der Waals surface area contributed by atoms with Crippen molar-refractivity contribution in [2.24, 2.45) is 0 Å². The minimum atomic E-state index is -3.35. The monoisotopic (exact) mass is 691 g/mol. The van der Waals surface area contributed by atoms with Crippen LogP contribution >= 0.6 is 23.2 Å². The Morgan fingerprint density at radius 2 is 1.74 bits per heavy atom. The van der Waals surface area contributed by atoms with E-state index in [9.17, 15) is 13.2 Å². The first-order valence-electron chi connectivity index (χ1n) is 14.8. The summed E-state index contributed by atoms with van der Waals surface area (Å²) in [6, 6.07) is 20.3. The summed E-state index contributed by atoms with van der Waals surface area (Å²) in [5.41, 5.74) is 3.51. The molecule has 11 nitrogen and oxygen atoms in total. The van der Waals surface area contributed by atoms with Gasteiger partial charge in [-0.15, -0.1) is 0 Å². The zero-order valence-electron chi connectivity index (χ0n) is 25.7. The molecule has 14 heteroatoms. The van der Waals surface area contributed by atoms with Gasteiger partial charge in [0, 0.05) is 24.0 Å². The summed E-state index contributed by atoms with van der Waals surface area (Å²) in [6.45, 7) is 6.05. The maximum absolute atomic E-state index is 13.1. The number of carbonyl (C=O) groups is 1. The molecule has 1 fully saturated rings. The topological polar surface area (TPSA) is 140 Å². The van der Waals surface area contributed by atoms with Crippen molar-refractivity contribution in [3.63, 3.8) is 0 Å². The van der Waals surface area contributed by atoms with E-state index in [1.807, 2.05) is 51.1 Å². The maximum atomic E-state index is 13.1. The Morgan fingerprint density at radius 1 is 0.979 bits per heavy atom. The number of aryl methyl sites for hydroxylation is 1.